The van der Waals surface area contributed by atoms with Crippen LogP contribution in [-0.2, 0) is 19.3 Å². The number of hydrogen-bond donors (Lipinski definition) is 11. The Labute approximate surface area is 732 Å². The molecule has 2 unspecified atom stereocenters. The zero-order valence-corrected chi connectivity index (χ0v) is 72.8. The third kappa shape index (κ3) is 16.7. The predicted octanol–water partition coefficient (Wildman–Crippen LogP) is 19.5. The van der Waals surface area contributed by atoms with Crippen LogP contribution in [0, 0.1) is 27.7 Å². The number of phenolic OH excluding ortho intramolecular Hbond substituents is 10. The van der Waals surface area contributed by atoms with Gasteiger partial charge in [0.1, 0.15) is 63.2 Å². The van der Waals surface area contributed by atoms with Crippen molar-refractivity contribution in [2.24, 2.45) is 0 Å². The van der Waals surface area contributed by atoms with E-state index in [9.17, 15) is 56.2 Å². The van der Waals surface area contributed by atoms with Gasteiger partial charge in [-0.2, -0.15) is 0 Å². The normalized spacial score (nSPS) is 13.1. The van der Waals surface area contributed by atoms with Crippen LogP contribution in [0.5, 0.6) is 63.2 Å². The number of ether oxygens (including phenoxy) is 1. The topological polar surface area (TPSA) is 232 Å². The highest BCUT2D eigenvalue weighted by Gasteiger charge is 2.46. The second kappa shape index (κ2) is 37.6. The number of hydrogen-bond acceptors (Lipinski definition) is 12. The molecule has 2 atom stereocenters. The molecule has 3 aliphatic carbocycles. The Morgan fingerprint density at radius 3 is 1.11 bits per heavy atom. The Morgan fingerprint density at radius 2 is 0.680 bits per heavy atom. The molecule has 0 heterocycles. The Kier molecular flexibility index (Phi) is 25.8. The molecule has 0 fully saturated rings. The number of aliphatic hydroxyl groups excluding tert-OH is 1. The van der Waals surface area contributed by atoms with Gasteiger partial charge in [-0.1, -0.05) is 285 Å². The smallest absolute Gasteiger partial charge is 0.183 e. The van der Waals surface area contributed by atoms with E-state index in [1.54, 1.807) is 86.8 Å². The maximum Gasteiger partial charge on any atom is 0.183 e. The fraction of sp³-hybridized carbons (Fsp3) is 0.135. The number of fused-ring (bicyclic) bond motifs is 3. The third-order valence-electron chi connectivity index (χ3n) is 25.2. The molecule has 14 heteroatoms. The van der Waals surface area contributed by atoms with Gasteiger partial charge in [0, 0.05) is 61.7 Å². The molecule has 0 aromatic heterocycles. The minimum absolute atomic E-state index is 0.0795. The van der Waals surface area contributed by atoms with E-state index >= 15 is 0 Å². The van der Waals surface area contributed by atoms with Gasteiger partial charge >= 0.3 is 0 Å². The van der Waals surface area contributed by atoms with Crippen molar-refractivity contribution in [1.82, 2.24) is 0 Å². The quantitative estimate of drug-likeness (QED) is 0.0361. The van der Waals surface area contributed by atoms with Crippen molar-refractivity contribution >= 4 is 57.6 Å². The number of rotatable bonds is 14. The molecule has 0 radical (unpaired) electrons. The van der Waals surface area contributed by atoms with E-state index in [4.69, 9.17) is 4.74 Å². The summed E-state index contributed by atoms with van der Waals surface area (Å²) in [6.45, 7) is 9.53. The van der Waals surface area contributed by atoms with Crippen molar-refractivity contribution in [2.45, 2.75) is 91.6 Å². The lowest BCUT2D eigenvalue weighted by molar-refractivity contribution is 0.199. The number of benzene rings is 16. The van der Waals surface area contributed by atoms with Gasteiger partial charge in [0.2, 0.25) is 0 Å². The molecule has 0 bridgehead atoms. The summed E-state index contributed by atoms with van der Waals surface area (Å²) >= 11 is 0. The van der Waals surface area contributed by atoms with Crippen molar-refractivity contribution in [1.29, 1.82) is 0 Å². The first-order valence-electron chi connectivity index (χ1n) is 42.4. The Morgan fingerprint density at radius 1 is 0.296 bits per heavy atom. The van der Waals surface area contributed by atoms with E-state index in [2.05, 4.69) is 158 Å². The van der Waals surface area contributed by atoms with Gasteiger partial charge < -0.3 is 60.9 Å². The van der Waals surface area contributed by atoms with Crippen LogP contribution in [0.2, 0.25) is 0 Å². The summed E-state index contributed by atoms with van der Waals surface area (Å²) in [5, 5.41) is 124. The van der Waals surface area contributed by atoms with Crippen molar-refractivity contribution in [3.8, 4) is 119 Å². The second-order valence-corrected chi connectivity index (χ2v) is 39.8. The number of methoxy groups -OCH3 is 1. The fourth-order valence-corrected chi connectivity index (χ4v) is 28.6. The molecule has 0 spiro atoms. The van der Waals surface area contributed by atoms with Crippen molar-refractivity contribution in [3.63, 3.8) is 0 Å². The van der Waals surface area contributed by atoms with Gasteiger partial charge in [0.05, 0.1) is 13.2 Å². The molecule has 0 saturated heterocycles. The van der Waals surface area contributed by atoms with Gasteiger partial charge in [-0.15, -0.1) is 0 Å². The maximum absolute atomic E-state index is 12.8. The van der Waals surface area contributed by atoms with Crippen LogP contribution < -0.4 is 46.2 Å². The first-order chi connectivity index (χ1) is 60.7. The summed E-state index contributed by atoms with van der Waals surface area (Å²) in [4.78, 5) is 0. The minimum atomic E-state index is -3.06. The zero-order chi connectivity index (χ0) is 87.6. The summed E-state index contributed by atoms with van der Waals surface area (Å²) in [5.41, 5.74) is 17.7. The van der Waals surface area contributed by atoms with E-state index in [-0.39, 0.29) is 51.7 Å². The Bertz CT molecular complexity index is 6080. The number of phenols is 10. The van der Waals surface area contributed by atoms with Crippen molar-refractivity contribution in [3.05, 3.63) is 401 Å². The van der Waals surface area contributed by atoms with Gasteiger partial charge in [0.25, 0.3) is 0 Å². The lowest BCUT2D eigenvalue weighted by Crippen LogP contribution is -2.74. The predicted molar refractivity (Wildman–Crippen MR) is 511 cm³/mol. The van der Waals surface area contributed by atoms with E-state index in [1.807, 2.05) is 137 Å². The van der Waals surface area contributed by atoms with Crippen molar-refractivity contribution < 1.29 is 60.9 Å². The molecule has 19 rings (SSSR count). The van der Waals surface area contributed by atoms with E-state index in [1.165, 1.54) is 79.6 Å². The highest BCUT2D eigenvalue weighted by atomic mass is 28.3. The van der Waals surface area contributed by atoms with E-state index in [0.29, 0.717) is 56.4 Å². The SMILES string of the molecule is CC(O)c1ccc(O)c(-c2ccccc2O)c1.COc1ccc(-c2c(C)c(C)c(C)c(C)c2O)c(O)c1.Oc1c(-c2cccc([Si](c3ccccc3)(c3ccccc3)c3ccccc3)c2O)cccc1[Si](c1ccccc1)(c1ccccc1)c1ccccc1.Oc1cccc2c1-c1c(O)cccc1C2.Oc1ccccc1-c1c(O)cc2c3c1CCCC3CCC2. The highest BCUT2D eigenvalue weighted by Crippen LogP contribution is 2.51. The van der Waals surface area contributed by atoms with Crippen LogP contribution in [0.1, 0.15) is 100 Å². The molecule has 16 aromatic rings. The monoisotopic (exact) mass is 1680 g/mol. The number of aryl methyl sites for hydroxylation is 1. The molecular weight excluding hydrogens is 1580 g/mol. The van der Waals surface area contributed by atoms with Gasteiger partial charge in [0.15, 0.2) is 16.1 Å². The molecule has 125 heavy (non-hydrogen) atoms. The fourth-order valence-electron chi connectivity index (χ4n) is 18.9. The average molecular weight is 1680 g/mol. The molecule has 626 valence electrons. The van der Waals surface area contributed by atoms with E-state index in [0.717, 1.165) is 85.3 Å². The number of aliphatic hydroxyl groups is 1. The zero-order valence-electron chi connectivity index (χ0n) is 70.8. The number of aromatic hydroxyl groups is 10. The van der Waals surface area contributed by atoms with Crippen LogP contribution in [-0.4, -0.2) is 79.4 Å². The molecule has 3 aliphatic rings. The highest BCUT2D eigenvalue weighted by molar-refractivity contribution is 7.21. The Hall–Kier alpha value is -14.3. The van der Waals surface area contributed by atoms with Gasteiger partial charge in [-0.3, -0.25) is 0 Å². The first kappa shape index (κ1) is 85.7. The lowest BCUT2D eigenvalue weighted by Gasteiger charge is -2.36. The first-order valence-corrected chi connectivity index (χ1v) is 46.4. The van der Waals surface area contributed by atoms with Crippen LogP contribution in [0.25, 0.3) is 55.6 Å². The molecule has 0 amide bonds. The summed E-state index contributed by atoms with van der Waals surface area (Å²) in [7, 11) is -4.56. The summed E-state index contributed by atoms with van der Waals surface area (Å²) in [6, 6.07) is 113. The standard InChI is InChI=1S/C48H38O2Si2.C19H20O2.C17H20O3.C14H14O3.C13H10O2/c49-47-43(33-19-35-45(47)51(37-21-7-1-8-22-37,38-23-9-2-10-24-38)39-25-11-3-12-26-39)44-34-20-36-46(48(44)50)52(40-27-13-4-14-28-40,41-29-15-5-16-30-41)42-31-17-6-18-32-42;20-16-10-2-1-8-14(16)19-15-9-4-6-12-5-3-7-13(18(12)15)11-17(19)21;1-9-10(2)12(4)17(19)16(11(9)3)14-7-6-13(20-5)8-15(14)18;1-9(15)10-6-7-14(17)12(8-10)11-4-2-3-5-13(11)16;14-10-5-1-3-8-7-9-4-2-6-11(15)13(9)12(8)10/h1-36,49-50H;1-2,8,10-12,20-21H,3-7,9H2;6-8,18-19H,1-5H3;2-9,15-17H,1H3;1-6,14-15H,7H2. The van der Waals surface area contributed by atoms with Crippen LogP contribution in [0.4, 0.5) is 0 Å². The number of para-hydroxylation sites is 4. The molecule has 16 aromatic carbocycles. The third-order valence-corrected chi connectivity index (χ3v) is 34.8. The largest absolute Gasteiger partial charge is 0.507 e. The lowest BCUT2D eigenvalue weighted by atomic mass is 9.71. The summed E-state index contributed by atoms with van der Waals surface area (Å²) in [6.07, 6.45) is 7.21. The van der Waals surface area contributed by atoms with Crippen LogP contribution >= 0.6 is 0 Å². The van der Waals surface area contributed by atoms with Gasteiger partial charge in [-0.25, -0.2) is 0 Å². The molecule has 0 aliphatic heterocycles. The van der Waals surface area contributed by atoms with Crippen LogP contribution in [0.3, 0.4) is 0 Å². The molecule has 12 nitrogen and oxygen atoms in total. The Balaban J connectivity index is 0.000000136. The van der Waals surface area contributed by atoms with Crippen LogP contribution in [0.15, 0.2) is 346 Å². The van der Waals surface area contributed by atoms with Crippen molar-refractivity contribution in [2.75, 3.05) is 7.11 Å². The molecule has 0 saturated carbocycles. The minimum Gasteiger partial charge on any atom is -0.507 e. The van der Waals surface area contributed by atoms with Gasteiger partial charge in [-0.05, 0) is 237 Å². The second-order valence-electron chi connectivity index (χ2n) is 32.3. The average Bonchev–Trinajstić information content (AvgIpc) is 1.34. The van der Waals surface area contributed by atoms with E-state index < -0.39 is 22.3 Å². The summed E-state index contributed by atoms with van der Waals surface area (Å²) < 4.78 is 5.09. The molecule has 11 N–H and O–H groups in total. The maximum atomic E-state index is 12.8. The molecular formula is C111H102O12Si2. The summed E-state index contributed by atoms with van der Waals surface area (Å²) in [5.74, 6) is 3.19.